The lowest BCUT2D eigenvalue weighted by atomic mass is 9.78. The zero-order valence-electron chi connectivity index (χ0n) is 8.68. The van der Waals surface area contributed by atoms with Crippen LogP contribution < -0.4 is 10.6 Å². The SMILES string of the molecule is CC1CCCCC1C1NCCCN1. The molecule has 2 aliphatic rings. The van der Waals surface area contributed by atoms with Crippen molar-refractivity contribution in [1.29, 1.82) is 0 Å². The molecule has 1 aliphatic heterocycles. The first-order valence-corrected chi connectivity index (χ1v) is 5.84. The zero-order chi connectivity index (χ0) is 9.10. The zero-order valence-corrected chi connectivity index (χ0v) is 8.68. The van der Waals surface area contributed by atoms with E-state index in [2.05, 4.69) is 17.6 Å². The molecule has 0 aromatic carbocycles. The summed E-state index contributed by atoms with van der Waals surface area (Å²) in [6.07, 6.45) is 7.65. The number of hydrogen-bond donors (Lipinski definition) is 2. The van der Waals surface area contributed by atoms with Crippen LogP contribution in [0.2, 0.25) is 0 Å². The molecule has 2 rings (SSSR count). The Morgan fingerprint density at radius 1 is 0.923 bits per heavy atom. The molecule has 2 N–H and O–H groups in total. The van der Waals surface area contributed by atoms with Gasteiger partial charge in [0.1, 0.15) is 0 Å². The lowest BCUT2D eigenvalue weighted by Crippen LogP contribution is -2.54. The average Bonchev–Trinajstić information content (AvgIpc) is 2.20. The van der Waals surface area contributed by atoms with E-state index in [0.29, 0.717) is 6.17 Å². The van der Waals surface area contributed by atoms with Gasteiger partial charge in [-0.25, -0.2) is 0 Å². The third-order valence-electron chi connectivity index (χ3n) is 3.69. The average molecular weight is 182 g/mol. The van der Waals surface area contributed by atoms with Crippen molar-refractivity contribution < 1.29 is 0 Å². The Morgan fingerprint density at radius 3 is 2.31 bits per heavy atom. The van der Waals surface area contributed by atoms with Crippen LogP contribution in [-0.4, -0.2) is 19.3 Å². The molecule has 0 amide bonds. The summed E-state index contributed by atoms with van der Waals surface area (Å²) in [4.78, 5) is 0. The molecule has 76 valence electrons. The van der Waals surface area contributed by atoms with Gasteiger partial charge in [0, 0.05) is 0 Å². The van der Waals surface area contributed by atoms with Crippen LogP contribution in [0.5, 0.6) is 0 Å². The first-order chi connectivity index (χ1) is 6.38. The maximum absolute atomic E-state index is 3.61. The van der Waals surface area contributed by atoms with Gasteiger partial charge in [0.2, 0.25) is 0 Å². The smallest absolute Gasteiger partial charge is 0.0603 e. The fraction of sp³-hybridized carbons (Fsp3) is 1.00. The second-order valence-electron chi connectivity index (χ2n) is 4.67. The highest BCUT2D eigenvalue weighted by atomic mass is 15.1. The Labute approximate surface area is 81.5 Å². The van der Waals surface area contributed by atoms with Gasteiger partial charge in [0.25, 0.3) is 0 Å². The van der Waals surface area contributed by atoms with Crippen molar-refractivity contribution in [1.82, 2.24) is 10.6 Å². The molecular formula is C11H22N2. The van der Waals surface area contributed by atoms with Crippen molar-refractivity contribution in [3.05, 3.63) is 0 Å². The molecule has 2 atom stereocenters. The number of hydrogen-bond acceptors (Lipinski definition) is 2. The van der Waals surface area contributed by atoms with E-state index >= 15 is 0 Å². The molecule has 13 heavy (non-hydrogen) atoms. The summed E-state index contributed by atoms with van der Waals surface area (Å²) in [5.74, 6) is 1.80. The molecule has 1 heterocycles. The highest BCUT2D eigenvalue weighted by Crippen LogP contribution is 2.31. The van der Waals surface area contributed by atoms with Crippen molar-refractivity contribution in [3.63, 3.8) is 0 Å². The van der Waals surface area contributed by atoms with E-state index in [9.17, 15) is 0 Å². The van der Waals surface area contributed by atoms with Crippen LogP contribution in [0.15, 0.2) is 0 Å². The quantitative estimate of drug-likeness (QED) is 0.645. The summed E-state index contributed by atoms with van der Waals surface area (Å²) >= 11 is 0. The lowest BCUT2D eigenvalue weighted by molar-refractivity contribution is 0.158. The molecule has 0 spiro atoms. The van der Waals surface area contributed by atoms with Crippen LogP contribution in [0.3, 0.4) is 0 Å². The van der Waals surface area contributed by atoms with Crippen molar-refractivity contribution in [2.45, 2.75) is 45.2 Å². The topological polar surface area (TPSA) is 24.1 Å². The van der Waals surface area contributed by atoms with E-state index in [4.69, 9.17) is 0 Å². The highest BCUT2D eigenvalue weighted by molar-refractivity contribution is 4.83. The predicted molar refractivity (Wildman–Crippen MR) is 55.5 cm³/mol. The fourth-order valence-corrected chi connectivity index (χ4v) is 2.82. The van der Waals surface area contributed by atoms with E-state index < -0.39 is 0 Å². The minimum absolute atomic E-state index is 0.615. The van der Waals surface area contributed by atoms with Crippen molar-refractivity contribution in [3.8, 4) is 0 Å². The van der Waals surface area contributed by atoms with Crippen molar-refractivity contribution >= 4 is 0 Å². The van der Waals surface area contributed by atoms with Crippen LogP contribution in [0.25, 0.3) is 0 Å². The highest BCUT2D eigenvalue weighted by Gasteiger charge is 2.29. The second kappa shape index (κ2) is 4.43. The van der Waals surface area contributed by atoms with Crippen LogP contribution in [0.1, 0.15) is 39.0 Å². The monoisotopic (exact) mass is 182 g/mol. The van der Waals surface area contributed by atoms with Gasteiger partial charge in [0.05, 0.1) is 6.17 Å². The Kier molecular flexibility index (Phi) is 3.23. The molecule has 0 bridgehead atoms. The summed E-state index contributed by atoms with van der Waals surface area (Å²) in [5, 5.41) is 7.22. The minimum atomic E-state index is 0.615. The van der Waals surface area contributed by atoms with Gasteiger partial charge in [-0.05, 0) is 37.8 Å². The normalized spacial score (nSPS) is 37.6. The van der Waals surface area contributed by atoms with Gasteiger partial charge in [-0.1, -0.05) is 26.2 Å². The van der Waals surface area contributed by atoms with Gasteiger partial charge in [-0.2, -0.15) is 0 Å². The van der Waals surface area contributed by atoms with E-state index in [1.165, 1.54) is 45.2 Å². The van der Waals surface area contributed by atoms with Crippen molar-refractivity contribution in [2.24, 2.45) is 11.8 Å². The van der Waals surface area contributed by atoms with E-state index in [0.717, 1.165) is 11.8 Å². The van der Waals surface area contributed by atoms with Crippen LogP contribution in [0.4, 0.5) is 0 Å². The third-order valence-corrected chi connectivity index (χ3v) is 3.69. The number of nitrogens with one attached hydrogen (secondary N) is 2. The minimum Gasteiger partial charge on any atom is -0.302 e. The van der Waals surface area contributed by atoms with Gasteiger partial charge in [-0.3, -0.25) is 0 Å². The van der Waals surface area contributed by atoms with E-state index in [1.54, 1.807) is 0 Å². The summed E-state index contributed by atoms with van der Waals surface area (Å²) in [5.41, 5.74) is 0. The molecule has 1 saturated heterocycles. The Bertz CT molecular complexity index is 152. The van der Waals surface area contributed by atoms with E-state index in [-0.39, 0.29) is 0 Å². The third kappa shape index (κ3) is 2.23. The standard InChI is InChI=1S/C11H22N2/c1-9-5-2-3-6-10(9)11-12-7-4-8-13-11/h9-13H,2-8H2,1H3. The molecule has 2 unspecified atom stereocenters. The first-order valence-electron chi connectivity index (χ1n) is 5.84. The molecule has 0 aromatic rings. The maximum atomic E-state index is 3.61. The second-order valence-corrected chi connectivity index (χ2v) is 4.67. The Hall–Kier alpha value is -0.0800. The lowest BCUT2D eigenvalue weighted by Gasteiger charge is -2.38. The van der Waals surface area contributed by atoms with Crippen LogP contribution in [0, 0.1) is 11.8 Å². The molecule has 1 saturated carbocycles. The molecule has 2 nitrogen and oxygen atoms in total. The van der Waals surface area contributed by atoms with E-state index in [1.807, 2.05) is 0 Å². The molecule has 2 heteroatoms. The van der Waals surface area contributed by atoms with Gasteiger partial charge in [-0.15, -0.1) is 0 Å². The number of rotatable bonds is 1. The van der Waals surface area contributed by atoms with Gasteiger partial charge >= 0.3 is 0 Å². The summed E-state index contributed by atoms with van der Waals surface area (Å²) in [7, 11) is 0. The first kappa shape index (κ1) is 9.47. The maximum Gasteiger partial charge on any atom is 0.0603 e. The molecule has 0 aromatic heterocycles. The van der Waals surface area contributed by atoms with Crippen molar-refractivity contribution in [2.75, 3.05) is 13.1 Å². The fourth-order valence-electron chi connectivity index (χ4n) is 2.82. The molecule has 2 fully saturated rings. The summed E-state index contributed by atoms with van der Waals surface area (Å²) < 4.78 is 0. The summed E-state index contributed by atoms with van der Waals surface area (Å²) in [6, 6.07) is 0. The molecule has 0 radical (unpaired) electrons. The molecule has 1 aliphatic carbocycles. The Morgan fingerprint density at radius 2 is 1.62 bits per heavy atom. The van der Waals surface area contributed by atoms with Crippen LogP contribution in [-0.2, 0) is 0 Å². The molecular weight excluding hydrogens is 160 g/mol. The van der Waals surface area contributed by atoms with Gasteiger partial charge < -0.3 is 10.6 Å². The van der Waals surface area contributed by atoms with Crippen LogP contribution >= 0.6 is 0 Å². The summed E-state index contributed by atoms with van der Waals surface area (Å²) in [6.45, 7) is 4.84. The Balaban J connectivity index is 1.88. The van der Waals surface area contributed by atoms with Gasteiger partial charge in [0.15, 0.2) is 0 Å². The largest absolute Gasteiger partial charge is 0.302 e. The predicted octanol–water partition coefficient (Wildman–Crippen LogP) is 1.72.